The van der Waals surface area contributed by atoms with Gasteiger partial charge in [0.15, 0.2) is 12.4 Å². The standard InChI is InChI=1S/C10H12O4.C6H14N4O2.C6H13NO2.C4H5NO/c1-13-8-3-4-9(14-2)7(5-8)6-10(11)12;7-4(5(11)12)2-1-3-10-6(8)9;1-4(2)3-5(7)6(8)9;1-4-2-5-3-6-4/h3-5H,6H2,1-2H3,(H,11,12);4H,1-3,7H2,(H,11,12)(H4,8,9,10);4-5H,3,7H2,1-2H3,(H,8,9);2-3H,1H3/t;4-;5-;/m.00./s1. The number of methoxy groups -OCH3 is 2. The predicted octanol–water partition coefficient (Wildman–Crippen LogP) is 1.21. The molecular formula is C26H44N6O9. The van der Waals surface area contributed by atoms with Gasteiger partial charge in [-0.1, -0.05) is 13.8 Å². The zero-order valence-corrected chi connectivity index (χ0v) is 24.1. The molecule has 11 N–H and O–H groups in total. The van der Waals surface area contributed by atoms with Gasteiger partial charge in [-0.25, -0.2) is 4.98 Å². The van der Waals surface area contributed by atoms with Crippen molar-refractivity contribution in [2.75, 3.05) is 20.8 Å². The highest BCUT2D eigenvalue weighted by Gasteiger charge is 2.12. The highest BCUT2D eigenvalue weighted by Crippen LogP contribution is 2.24. The Bertz CT molecular complexity index is 1040. The number of aryl methyl sites for hydroxylation is 1. The molecule has 1 aromatic carbocycles. The molecule has 0 saturated carbocycles. The largest absolute Gasteiger partial charge is 0.497 e. The first-order chi connectivity index (χ1) is 19.1. The van der Waals surface area contributed by atoms with Crippen molar-refractivity contribution in [2.45, 2.75) is 58.5 Å². The number of rotatable bonds is 12. The second kappa shape index (κ2) is 22.4. The monoisotopic (exact) mass is 584 g/mol. The highest BCUT2D eigenvalue weighted by atomic mass is 16.5. The van der Waals surface area contributed by atoms with Crippen LogP contribution in [0.25, 0.3) is 0 Å². The van der Waals surface area contributed by atoms with Crippen molar-refractivity contribution in [3.05, 3.63) is 42.1 Å². The summed E-state index contributed by atoms with van der Waals surface area (Å²) in [6.07, 6.45) is 4.52. The smallest absolute Gasteiger partial charge is 0.320 e. The fourth-order valence-corrected chi connectivity index (χ4v) is 2.71. The van der Waals surface area contributed by atoms with E-state index in [-0.39, 0.29) is 12.4 Å². The van der Waals surface area contributed by atoms with Crippen molar-refractivity contribution in [3.63, 3.8) is 0 Å². The van der Waals surface area contributed by atoms with Crippen LogP contribution in [-0.2, 0) is 20.8 Å². The number of ether oxygens (including phenoxy) is 2. The van der Waals surface area contributed by atoms with Gasteiger partial charge in [0.25, 0.3) is 0 Å². The number of hydrogen-bond donors (Lipinski definition) is 7. The van der Waals surface area contributed by atoms with Gasteiger partial charge in [0, 0.05) is 12.1 Å². The van der Waals surface area contributed by atoms with E-state index in [0.717, 1.165) is 5.76 Å². The maximum Gasteiger partial charge on any atom is 0.320 e. The molecule has 0 spiro atoms. The second-order valence-electron chi connectivity index (χ2n) is 8.83. The third-order valence-electron chi connectivity index (χ3n) is 4.71. The molecule has 0 amide bonds. The molecule has 2 atom stereocenters. The van der Waals surface area contributed by atoms with Crippen LogP contribution in [0, 0.1) is 12.8 Å². The number of guanidine groups is 1. The molecule has 232 valence electrons. The number of hydrogen-bond acceptors (Lipinski definition) is 10. The van der Waals surface area contributed by atoms with Gasteiger partial charge in [-0.2, -0.15) is 0 Å². The zero-order chi connectivity index (χ0) is 32.0. The molecule has 0 fully saturated rings. The van der Waals surface area contributed by atoms with Gasteiger partial charge in [0.1, 0.15) is 29.3 Å². The normalized spacial score (nSPS) is 11.1. The summed E-state index contributed by atoms with van der Waals surface area (Å²) in [5, 5.41) is 25.3. The average Bonchev–Trinajstić information content (AvgIpc) is 3.37. The van der Waals surface area contributed by atoms with E-state index in [2.05, 4.69) is 9.98 Å². The minimum absolute atomic E-state index is 0.0129. The van der Waals surface area contributed by atoms with E-state index in [9.17, 15) is 14.4 Å². The number of aliphatic carboxylic acids is 3. The molecular weight excluding hydrogens is 540 g/mol. The van der Waals surface area contributed by atoms with Gasteiger partial charge in [-0.15, -0.1) is 0 Å². The molecule has 0 radical (unpaired) electrons. The summed E-state index contributed by atoms with van der Waals surface area (Å²) in [5.41, 5.74) is 21.1. The van der Waals surface area contributed by atoms with Crippen molar-refractivity contribution in [3.8, 4) is 11.5 Å². The highest BCUT2D eigenvalue weighted by molar-refractivity contribution is 5.75. The van der Waals surface area contributed by atoms with Gasteiger partial charge in [0.2, 0.25) is 0 Å². The van der Waals surface area contributed by atoms with Crippen LogP contribution in [0.5, 0.6) is 11.5 Å². The van der Waals surface area contributed by atoms with Gasteiger partial charge >= 0.3 is 17.9 Å². The maximum atomic E-state index is 10.5. The van der Waals surface area contributed by atoms with Crippen LogP contribution in [0.1, 0.15) is 44.4 Å². The van der Waals surface area contributed by atoms with E-state index in [1.54, 1.807) is 24.4 Å². The average molecular weight is 585 g/mol. The van der Waals surface area contributed by atoms with E-state index in [4.69, 9.17) is 52.1 Å². The Balaban J connectivity index is 0. The molecule has 1 aromatic heterocycles. The van der Waals surface area contributed by atoms with Gasteiger partial charge < -0.3 is 52.1 Å². The Morgan fingerprint density at radius 2 is 1.63 bits per heavy atom. The Kier molecular flexibility index (Phi) is 21.2. The van der Waals surface area contributed by atoms with Gasteiger partial charge in [-0.3, -0.25) is 19.4 Å². The molecule has 0 saturated heterocycles. The number of nitrogens with zero attached hydrogens (tertiary/aromatic N) is 2. The van der Waals surface area contributed by atoms with Crippen molar-refractivity contribution < 1.29 is 43.6 Å². The molecule has 15 heteroatoms. The molecule has 2 aromatic rings. The summed E-state index contributed by atoms with van der Waals surface area (Å²) in [6, 6.07) is 3.57. The Morgan fingerprint density at radius 3 is 1.98 bits per heavy atom. The zero-order valence-electron chi connectivity index (χ0n) is 24.1. The van der Waals surface area contributed by atoms with Gasteiger partial charge in [0.05, 0.1) is 26.8 Å². The lowest BCUT2D eigenvalue weighted by molar-refractivity contribution is -0.139. The van der Waals surface area contributed by atoms with E-state index < -0.39 is 30.0 Å². The summed E-state index contributed by atoms with van der Waals surface area (Å²) >= 11 is 0. The van der Waals surface area contributed by atoms with E-state index in [0.29, 0.717) is 48.8 Å². The fourth-order valence-electron chi connectivity index (χ4n) is 2.71. The molecule has 0 aliphatic rings. The van der Waals surface area contributed by atoms with Crippen LogP contribution >= 0.6 is 0 Å². The fraction of sp³-hybridized carbons (Fsp3) is 0.500. The number of carboxylic acids is 3. The molecule has 2 rings (SSSR count). The number of benzene rings is 1. The van der Waals surface area contributed by atoms with E-state index in [1.807, 2.05) is 20.8 Å². The van der Waals surface area contributed by atoms with Crippen LogP contribution in [0.4, 0.5) is 0 Å². The van der Waals surface area contributed by atoms with Gasteiger partial charge in [-0.05, 0) is 50.3 Å². The SMILES string of the molecule is CC(C)C[C@H](N)C(=O)O.COc1ccc(OC)c(CC(=O)O)c1.Cc1cnco1.NC(N)=NCCC[C@H](N)C(=O)O. The van der Waals surface area contributed by atoms with Crippen molar-refractivity contribution >= 4 is 23.9 Å². The molecule has 15 nitrogen and oxygen atoms in total. The lowest BCUT2D eigenvalue weighted by Crippen LogP contribution is -2.31. The van der Waals surface area contributed by atoms with Crippen LogP contribution in [-0.4, -0.2) is 77.0 Å². The summed E-state index contributed by atoms with van der Waals surface area (Å²) in [6.45, 7) is 6.17. The van der Waals surface area contributed by atoms with Crippen LogP contribution in [0.15, 0.2) is 40.2 Å². The van der Waals surface area contributed by atoms with Crippen LogP contribution in [0.3, 0.4) is 0 Å². The van der Waals surface area contributed by atoms with Crippen LogP contribution < -0.4 is 32.4 Å². The number of aromatic nitrogens is 1. The summed E-state index contributed by atoms with van der Waals surface area (Å²) in [7, 11) is 3.04. The molecule has 1 heterocycles. The first-order valence-electron chi connectivity index (χ1n) is 12.4. The molecule has 0 aliphatic carbocycles. The number of aliphatic imine (C=N–C) groups is 1. The second-order valence-corrected chi connectivity index (χ2v) is 8.83. The van der Waals surface area contributed by atoms with Crippen molar-refractivity contribution in [2.24, 2.45) is 33.8 Å². The molecule has 41 heavy (non-hydrogen) atoms. The summed E-state index contributed by atoms with van der Waals surface area (Å²) in [4.78, 5) is 38.2. The lowest BCUT2D eigenvalue weighted by Gasteiger charge is -2.08. The van der Waals surface area contributed by atoms with E-state index >= 15 is 0 Å². The minimum atomic E-state index is -1.00. The molecule has 0 aliphatic heterocycles. The Morgan fingerprint density at radius 1 is 1.02 bits per heavy atom. The van der Waals surface area contributed by atoms with Crippen molar-refractivity contribution in [1.29, 1.82) is 0 Å². The van der Waals surface area contributed by atoms with Crippen LogP contribution in [0.2, 0.25) is 0 Å². The maximum absolute atomic E-state index is 10.5. The quantitative estimate of drug-likeness (QED) is 0.105. The third-order valence-corrected chi connectivity index (χ3v) is 4.71. The van der Waals surface area contributed by atoms with E-state index in [1.165, 1.54) is 20.6 Å². The summed E-state index contributed by atoms with van der Waals surface area (Å²) in [5.74, 6) is -0.389. The topological polar surface area (TPSA) is 273 Å². The minimum Gasteiger partial charge on any atom is -0.497 e. The first kappa shape index (κ1) is 38.8. The Hall–Kier alpha value is -4.37. The van der Waals surface area contributed by atoms with Crippen molar-refractivity contribution in [1.82, 2.24) is 4.98 Å². The molecule has 0 bridgehead atoms. The number of nitrogens with two attached hydrogens (primary N) is 4. The third kappa shape index (κ3) is 22.2. The predicted molar refractivity (Wildman–Crippen MR) is 153 cm³/mol. The number of carbonyl (C=O) groups is 3. The number of oxazole rings is 1. The number of carboxylic acid groups (broad SMARTS) is 3. The molecule has 0 unspecified atom stereocenters. The summed E-state index contributed by atoms with van der Waals surface area (Å²) < 4.78 is 14.7. The Labute approximate surface area is 239 Å². The lowest BCUT2D eigenvalue weighted by atomic mass is 10.1. The first-order valence-corrected chi connectivity index (χ1v) is 12.4.